The Morgan fingerprint density at radius 3 is 2.60 bits per heavy atom. The molecule has 6 heteroatoms. The fourth-order valence-electron chi connectivity index (χ4n) is 2.13. The smallest absolute Gasteiger partial charge is 0.234 e. The normalized spacial score (nSPS) is 11.8. The first-order valence-electron chi connectivity index (χ1n) is 6.59. The van der Waals surface area contributed by atoms with E-state index in [-0.39, 0.29) is 5.41 Å². The topological polar surface area (TPSA) is 85.2 Å². The van der Waals surface area contributed by atoms with Crippen LogP contribution in [0.5, 0.6) is 5.75 Å². The Morgan fingerprint density at radius 2 is 2.05 bits per heavy atom. The van der Waals surface area contributed by atoms with Gasteiger partial charge in [-0.1, -0.05) is 19.0 Å². The zero-order valence-corrected chi connectivity index (χ0v) is 11.6. The molecule has 0 atom stereocenters. The number of benzene rings is 1. The van der Waals surface area contributed by atoms with E-state index in [9.17, 15) is 9.50 Å². The van der Waals surface area contributed by atoms with Gasteiger partial charge in [0, 0.05) is 12.1 Å². The first kappa shape index (κ1) is 14.5. The average Bonchev–Trinajstić information content (AvgIpc) is 2.95. The van der Waals surface area contributed by atoms with E-state index in [0.717, 1.165) is 12.8 Å². The molecule has 3 N–H and O–H groups in total. The average molecular weight is 279 g/mol. The minimum absolute atomic E-state index is 0.290. The molecule has 5 nitrogen and oxygen atoms in total. The summed E-state index contributed by atoms with van der Waals surface area (Å²) >= 11 is 0. The Labute approximate surface area is 116 Å². The van der Waals surface area contributed by atoms with Gasteiger partial charge in [0.15, 0.2) is 11.6 Å². The maximum Gasteiger partial charge on any atom is 0.234 e. The molecule has 0 spiro atoms. The zero-order valence-electron chi connectivity index (χ0n) is 11.6. The Bertz CT molecular complexity index is 586. The molecule has 0 saturated heterocycles. The van der Waals surface area contributed by atoms with Gasteiger partial charge in [-0.25, -0.2) is 4.39 Å². The summed E-state index contributed by atoms with van der Waals surface area (Å²) in [6.45, 7) is 4.44. The van der Waals surface area contributed by atoms with Crippen molar-refractivity contribution in [3.05, 3.63) is 29.9 Å². The standard InChI is InChI=1S/C14H18FN3O2/c1-3-14(4-2,8-16)13-17-12(18-20-13)9-5-6-11(19)10(15)7-9/h5-7,19H,3-4,8,16H2,1-2H3. The summed E-state index contributed by atoms with van der Waals surface area (Å²) < 4.78 is 18.6. The van der Waals surface area contributed by atoms with E-state index in [1.54, 1.807) is 0 Å². The van der Waals surface area contributed by atoms with Crippen LogP contribution in [0.25, 0.3) is 11.4 Å². The van der Waals surface area contributed by atoms with Gasteiger partial charge in [-0.05, 0) is 31.0 Å². The number of aromatic hydroxyl groups is 1. The molecule has 0 unspecified atom stereocenters. The van der Waals surface area contributed by atoms with E-state index >= 15 is 0 Å². The number of nitrogens with zero attached hydrogens (tertiary/aromatic N) is 2. The molecule has 0 fully saturated rings. The Balaban J connectivity index is 2.39. The van der Waals surface area contributed by atoms with Gasteiger partial charge >= 0.3 is 0 Å². The van der Waals surface area contributed by atoms with Gasteiger partial charge in [-0.15, -0.1) is 0 Å². The first-order chi connectivity index (χ1) is 9.56. The summed E-state index contributed by atoms with van der Waals surface area (Å²) in [6.07, 6.45) is 1.57. The molecule has 0 aliphatic heterocycles. The van der Waals surface area contributed by atoms with Crippen molar-refractivity contribution in [2.45, 2.75) is 32.1 Å². The highest BCUT2D eigenvalue weighted by atomic mass is 19.1. The van der Waals surface area contributed by atoms with Crippen molar-refractivity contribution in [3.8, 4) is 17.1 Å². The molecule has 0 amide bonds. The molecule has 2 rings (SSSR count). The highest BCUT2D eigenvalue weighted by Gasteiger charge is 2.33. The van der Waals surface area contributed by atoms with Crippen LogP contribution < -0.4 is 5.73 Å². The van der Waals surface area contributed by atoms with Crippen molar-refractivity contribution < 1.29 is 14.0 Å². The van der Waals surface area contributed by atoms with Gasteiger partial charge in [0.1, 0.15) is 0 Å². The Hall–Kier alpha value is -1.95. The molecule has 0 bridgehead atoms. The minimum atomic E-state index is -0.718. The van der Waals surface area contributed by atoms with Crippen LogP contribution in [-0.2, 0) is 5.41 Å². The molecule has 108 valence electrons. The molecule has 1 aromatic heterocycles. The predicted molar refractivity (Wildman–Crippen MR) is 72.7 cm³/mol. The van der Waals surface area contributed by atoms with Crippen LogP contribution in [0, 0.1) is 5.82 Å². The van der Waals surface area contributed by atoms with E-state index in [0.29, 0.717) is 23.8 Å². The second kappa shape index (κ2) is 5.58. The van der Waals surface area contributed by atoms with Crippen molar-refractivity contribution >= 4 is 0 Å². The van der Waals surface area contributed by atoms with Crippen LogP contribution in [0.4, 0.5) is 4.39 Å². The lowest BCUT2D eigenvalue weighted by molar-refractivity contribution is 0.267. The molecule has 0 aliphatic carbocycles. The van der Waals surface area contributed by atoms with Crippen molar-refractivity contribution in [2.75, 3.05) is 6.54 Å². The number of nitrogens with two attached hydrogens (primary N) is 1. The maximum absolute atomic E-state index is 13.3. The SMILES string of the molecule is CCC(CC)(CN)c1nc(-c2ccc(O)c(F)c2)no1. The minimum Gasteiger partial charge on any atom is -0.505 e. The van der Waals surface area contributed by atoms with Crippen molar-refractivity contribution in [1.29, 1.82) is 0 Å². The third-order valence-corrected chi connectivity index (χ3v) is 3.83. The third-order valence-electron chi connectivity index (χ3n) is 3.83. The van der Waals surface area contributed by atoms with E-state index < -0.39 is 11.6 Å². The molecular weight excluding hydrogens is 261 g/mol. The number of hydrogen-bond acceptors (Lipinski definition) is 5. The second-order valence-corrected chi connectivity index (χ2v) is 4.78. The monoisotopic (exact) mass is 279 g/mol. The number of phenolic OH excluding ortho intramolecular Hbond substituents is 1. The lowest BCUT2D eigenvalue weighted by Crippen LogP contribution is -2.34. The Morgan fingerprint density at radius 1 is 1.35 bits per heavy atom. The summed E-state index contributed by atoms with van der Waals surface area (Å²) in [7, 11) is 0. The molecule has 0 radical (unpaired) electrons. The molecule has 0 aliphatic rings. The van der Waals surface area contributed by atoms with Gasteiger partial charge in [-0.2, -0.15) is 4.98 Å². The molecule has 20 heavy (non-hydrogen) atoms. The fraction of sp³-hybridized carbons (Fsp3) is 0.429. The maximum atomic E-state index is 13.3. The number of halogens is 1. The van der Waals surface area contributed by atoms with Crippen molar-refractivity contribution in [1.82, 2.24) is 10.1 Å². The van der Waals surface area contributed by atoms with Crippen LogP contribution in [0.3, 0.4) is 0 Å². The van der Waals surface area contributed by atoms with Gasteiger partial charge < -0.3 is 15.4 Å². The zero-order chi connectivity index (χ0) is 14.8. The van der Waals surface area contributed by atoms with E-state index in [1.165, 1.54) is 18.2 Å². The second-order valence-electron chi connectivity index (χ2n) is 4.78. The van der Waals surface area contributed by atoms with Crippen LogP contribution in [0.1, 0.15) is 32.6 Å². The predicted octanol–water partition coefficient (Wildman–Crippen LogP) is 2.60. The number of hydrogen-bond donors (Lipinski definition) is 2. The molecule has 1 aromatic carbocycles. The van der Waals surface area contributed by atoms with Crippen LogP contribution in [-0.4, -0.2) is 21.8 Å². The van der Waals surface area contributed by atoms with Crippen LogP contribution in [0.15, 0.2) is 22.7 Å². The highest BCUT2D eigenvalue weighted by molar-refractivity contribution is 5.56. The lowest BCUT2D eigenvalue weighted by Gasteiger charge is -2.24. The number of phenols is 1. The number of rotatable bonds is 5. The van der Waals surface area contributed by atoms with Gasteiger partial charge in [0.2, 0.25) is 11.7 Å². The Kier molecular flexibility index (Phi) is 4.04. The van der Waals surface area contributed by atoms with Crippen molar-refractivity contribution in [3.63, 3.8) is 0 Å². The first-order valence-corrected chi connectivity index (χ1v) is 6.59. The van der Waals surface area contributed by atoms with Gasteiger partial charge in [-0.3, -0.25) is 0 Å². The summed E-state index contributed by atoms with van der Waals surface area (Å²) in [5.74, 6) is -0.368. The van der Waals surface area contributed by atoms with Gasteiger partial charge in [0.25, 0.3) is 0 Å². The fourth-order valence-corrected chi connectivity index (χ4v) is 2.13. The number of aromatic nitrogens is 2. The largest absolute Gasteiger partial charge is 0.505 e. The van der Waals surface area contributed by atoms with Crippen molar-refractivity contribution in [2.24, 2.45) is 5.73 Å². The molecule has 0 saturated carbocycles. The van der Waals surface area contributed by atoms with E-state index in [2.05, 4.69) is 10.1 Å². The van der Waals surface area contributed by atoms with Crippen LogP contribution >= 0.6 is 0 Å². The highest BCUT2D eigenvalue weighted by Crippen LogP contribution is 2.31. The van der Waals surface area contributed by atoms with Crippen LogP contribution in [0.2, 0.25) is 0 Å². The molecular formula is C14H18FN3O2. The molecule has 2 aromatic rings. The molecule has 1 heterocycles. The summed E-state index contributed by atoms with van der Waals surface area (Å²) in [4.78, 5) is 4.33. The lowest BCUT2D eigenvalue weighted by atomic mass is 9.82. The quantitative estimate of drug-likeness (QED) is 0.878. The van der Waals surface area contributed by atoms with E-state index in [4.69, 9.17) is 10.3 Å². The summed E-state index contributed by atoms with van der Waals surface area (Å²) in [5, 5.41) is 13.1. The van der Waals surface area contributed by atoms with Gasteiger partial charge in [0.05, 0.1) is 5.41 Å². The summed E-state index contributed by atoms with van der Waals surface area (Å²) in [5.41, 5.74) is 5.94. The third kappa shape index (κ3) is 2.38. The summed E-state index contributed by atoms with van der Waals surface area (Å²) in [6, 6.07) is 3.97. The van der Waals surface area contributed by atoms with E-state index in [1.807, 2.05) is 13.8 Å².